The molecule has 0 fully saturated rings. The second-order valence-corrected chi connectivity index (χ2v) is 7.74. The average Bonchev–Trinajstić information content (AvgIpc) is 2.45. The van der Waals surface area contributed by atoms with Crippen molar-refractivity contribution in [2.45, 2.75) is 47.6 Å². The third kappa shape index (κ3) is 5.32. The van der Waals surface area contributed by atoms with E-state index in [1.807, 2.05) is 0 Å². The van der Waals surface area contributed by atoms with Crippen LogP contribution in [0, 0.1) is 10.8 Å². The van der Waals surface area contributed by atoms with Crippen molar-refractivity contribution < 1.29 is 24.2 Å². The van der Waals surface area contributed by atoms with Crippen molar-refractivity contribution in [1.82, 2.24) is 0 Å². The summed E-state index contributed by atoms with van der Waals surface area (Å²) in [6.45, 7) is 10.3. The molecule has 0 aromatic heterocycles. The Hall–Kier alpha value is -1.92. The van der Waals surface area contributed by atoms with E-state index in [0.29, 0.717) is 5.56 Å². The number of ether oxygens (including phenoxy) is 2. The zero-order chi connectivity index (χ0) is 18.7. The van der Waals surface area contributed by atoms with Gasteiger partial charge in [-0.05, 0) is 59.2 Å². The molecule has 0 amide bonds. The molecular weight excluding hydrogens is 310 g/mol. The highest BCUT2D eigenvalue weighted by Gasteiger charge is 2.28. The largest absolute Gasteiger partial charge is 0.422 e. The third-order valence-electron chi connectivity index (χ3n) is 3.21. The Kier molecular flexibility index (Phi) is 6.14. The minimum atomic E-state index is -0.899. The van der Waals surface area contributed by atoms with E-state index in [0.717, 1.165) is 0 Å². The van der Waals surface area contributed by atoms with Gasteiger partial charge >= 0.3 is 11.9 Å². The van der Waals surface area contributed by atoms with Crippen molar-refractivity contribution in [2.75, 3.05) is 6.54 Å². The molecule has 1 aromatic carbocycles. The molecule has 0 unspecified atom stereocenters. The lowest BCUT2D eigenvalue weighted by Crippen LogP contribution is -2.28. The molecule has 134 valence electrons. The van der Waals surface area contributed by atoms with Gasteiger partial charge < -0.3 is 20.3 Å². The topological polar surface area (TPSA) is 98.8 Å². The van der Waals surface area contributed by atoms with E-state index in [1.165, 1.54) is 12.1 Å². The highest BCUT2D eigenvalue weighted by molar-refractivity contribution is 5.81. The maximum absolute atomic E-state index is 12.2. The van der Waals surface area contributed by atoms with E-state index in [1.54, 1.807) is 47.6 Å². The molecule has 0 radical (unpaired) electrons. The molecule has 0 aliphatic rings. The molecule has 1 rings (SSSR count). The van der Waals surface area contributed by atoms with Crippen molar-refractivity contribution >= 4 is 11.9 Å². The number of nitrogens with two attached hydrogens (primary N) is 1. The Labute approximate surface area is 142 Å². The Balaban J connectivity index is 3.22. The van der Waals surface area contributed by atoms with Crippen LogP contribution < -0.4 is 15.2 Å². The highest BCUT2D eigenvalue weighted by atomic mass is 16.6. The summed E-state index contributed by atoms with van der Waals surface area (Å²) < 4.78 is 10.8. The van der Waals surface area contributed by atoms with Gasteiger partial charge in [0.2, 0.25) is 0 Å². The first-order chi connectivity index (χ1) is 10.9. The summed E-state index contributed by atoms with van der Waals surface area (Å²) in [4.78, 5) is 24.3. The summed E-state index contributed by atoms with van der Waals surface area (Å²) in [5.41, 5.74) is 4.50. The number of carbonyl (C=O) groups excluding carboxylic acids is 2. The van der Waals surface area contributed by atoms with Crippen LogP contribution >= 0.6 is 0 Å². The zero-order valence-corrected chi connectivity index (χ0v) is 15.2. The van der Waals surface area contributed by atoms with Gasteiger partial charge in [-0.25, -0.2) is 0 Å². The van der Waals surface area contributed by atoms with E-state index in [4.69, 9.17) is 15.2 Å². The predicted octanol–water partition coefficient (Wildman–Crippen LogP) is 2.58. The lowest BCUT2D eigenvalue weighted by molar-refractivity contribution is -0.145. The minimum absolute atomic E-state index is 0.0216. The summed E-state index contributed by atoms with van der Waals surface area (Å²) in [5, 5.41) is 9.88. The lowest BCUT2D eigenvalue weighted by Gasteiger charge is -2.21. The molecule has 6 heteroatoms. The van der Waals surface area contributed by atoms with Gasteiger partial charge in [-0.15, -0.1) is 0 Å². The number of esters is 2. The quantitative estimate of drug-likeness (QED) is 0.647. The van der Waals surface area contributed by atoms with E-state index >= 15 is 0 Å². The van der Waals surface area contributed by atoms with Crippen molar-refractivity contribution in [2.24, 2.45) is 16.6 Å². The third-order valence-corrected chi connectivity index (χ3v) is 3.21. The summed E-state index contributed by atoms with van der Waals surface area (Å²) in [7, 11) is 0. The number of rotatable bonds is 4. The van der Waals surface area contributed by atoms with Gasteiger partial charge in [-0.3, -0.25) is 9.59 Å². The molecule has 0 bridgehead atoms. The Morgan fingerprint density at radius 1 is 1.00 bits per heavy atom. The maximum Gasteiger partial charge on any atom is 0.316 e. The fraction of sp³-hybridized carbons (Fsp3) is 0.556. The van der Waals surface area contributed by atoms with Gasteiger partial charge in [0.1, 0.15) is 0 Å². The number of aliphatic hydroxyl groups excluding tert-OH is 1. The van der Waals surface area contributed by atoms with Crippen molar-refractivity contribution in [3.63, 3.8) is 0 Å². The second-order valence-electron chi connectivity index (χ2n) is 7.74. The van der Waals surface area contributed by atoms with Crippen molar-refractivity contribution in [3.8, 4) is 11.5 Å². The molecule has 0 aliphatic carbocycles. The number of hydrogen-bond acceptors (Lipinski definition) is 6. The van der Waals surface area contributed by atoms with Crippen molar-refractivity contribution in [3.05, 3.63) is 23.8 Å². The van der Waals surface area contributed by atoms with Crippen LogP contribution in [0.4, 0.5) is 0 Å². The maximum atomic E-state index is 12.2. The first-order valence-electron chi connectivity index (χ1n) is 7.83. The molecule has 0 heterocycles. The van der Waals surface area contributed by atoms with Crippen LogP contribution in [0.15, 0.2) is 18.2 Å². The predicted molar refractivity (Wildman–Crippen MR) is 90.6 cm³/mol. The lowest BCUT2D eigenvalue weighted by atomic mass is 9.97. The molecule has 6 nitrogen and oxygen atoms in total. The second kappa shape index (κ2) is 7.32. The fourth-order valence-corrected chi connectivity index (χ4v) is 1.54. The normalized spacial score (nSPS) is 13.3. The molecule has 0 aliphatic heterocycles. The van der Waals surface area contributed by atoms with Crippen LogP contribution in [0.25, 0.3) is 0 Å². The molecule has 1 atom stereocenters. The monoisotopic (exact) mass is 337 g/mol. The molecule has 3 N–H and O–H groups in total. The Bertz CT molecular complexity index is 611. The van der Waals surface area contributed by atoms with Crippen LogP contribution in [-0.2, 0) is 9.59 Å². The summed E-state index contributed by atoms with van der Waals surface area (Å²) in [5.74, 6) is -0.726. The molecule has 1 aromatic rings. The standard InChI is InChI=1S/C18H27NO5/c1-17(2,3)15(21)23-13-8-7-11(12(20)10-19)9-14(13)24-16(22)18(4,5)6/h7-9,12,20H,10,19H2,1-6H3/t12-/m0/s1. The highest BCUT2D eigenvalue weighted by Crippen LogP contribution is 2.33. The van der Waals surface area contributed by atoms with Gasteiger partial charge in [0.25, 0.3) is 0 Å². The van der Waals surface area contributed by atoms with Gasteiger partial charge in [0.15, 0.2) is 11.5 Å². The summed E-state index contributed by atoms with van der Waals surface area (Å²) in [6, 6.07) is 4.53. The van der Waals surface area contributed by atoms with Gasteiger partial charge in [-0.1, -0.05) is 6.07 Å². The first kappa shape index (κ1) is 20.1. The summed E-state index contributed by atoms with van der Waals surface area (Å²) >= 11 is 0. The molecule has 0 saturated heterocycles. The summed E-state index contributed by atoms with van der Waals surface area (Å²) in [6.07, 6.45) is -0.899. The molecule has 0 saturated carbocycles. The van der Waals surface area contributed by atoms with Gasteiger partial charge in [0.05, 0.1) is 16.9 Å². The van der Waals surface area contributed by atoms with Crippen LogP contribution in [0.1, 0.15) is 53.2 Å². The smallest absolute Gasteiger partial charge is 0.316 e. The van der Waals surface area contributed by atoms with Crippen LogP contribution in [0.3, 0.4) is 0 Å². The van der Waals surface area contributed by atoms with E-state index < -0.39 is 28.9 Å². The SMILES string of the molecule is CC(C)(C)C(=O)Oc1ccc([C@@H](O)CN)cc1OC(=O)C(C)(C)C. The fourth-order valence-electron chi connectivity index (χ4n) is 1.54. The van der Waals surface area contributed by atoms with Crippen molar-refractivity contribution in [1.29, 1.82) is 0 Å². The van der Waals surface area contributed by atoms with Crippen LogP contribution in [0.2, 0.25) is 0 Å². The van der Waals surface area contributed by atoms with E-state index in [-0.39, 0.29) is 18.0 Å². The van der Waals surface area contributed by atoms with Crippen LogP contribution in [-0.4, -0.2) is 23.6 Å². The Morgan fingerprint density at radius 2 is 1.46 bits per heavy atom. The number of aliphatic hydroxyl groups is 1. The molecular formula is C18H27NO5. The van der Waals surface area contributed by atoms with Crippen LogP contribution in [0.5, 0.6) is 11.5 Å². The first-order valence-corrected chi connectivity index (χ1v) is 7.83. The van der Waals surface area contributed by atoms with E-state index in [9.17, 15) is 14.7 Å². The van der Waals surface area contributed by atoms with E-state index in [2.05, 4.69) is 0 Å². The molecule has 24 heavy (non-hydrogen) atoms. The number of hydrogen-bond donors (Lipinski definition) is 2. The number of benzene rings is 1. The zero-order valence-electron chi connectivity index (χ0n) is 15.2. The number of carbonyl (C=O) groups is 2. The molecule has 0 spiro atoms. The van der Waals surface area contributed by atoms with Gasteiger partial charge in [-0.2, -0.15) is 0 Å². The van der Waals surface area contributed by atoms with Gasteiger partial charge in [0, 0.05) is 6.54 Å². The average molecular weight is 337 g/mol. The Morgan fingerprint density at radius 3 is 1.88 bits per heavy atom. The minimum Gasteiger partial charge on any atom is -0.422 e.